The molecule has 2 aromatic carbocycles. The van der Waals surface area contributed by atoms with Crippen molar-refractivity contribution in [2.24, 2.45) is 5.73 Å². The molecule has 0 spiro atoms. The Labute approximate surface area is 120 Å². The van der Waals surface area contributed by atoms with E-state index in [-0.39, 0.29) is 12.4 Å². The van der Waals surface area contributed by atoms with E-state index < -0.39 is 0 Å². The molecule has 0 heterocycles. The van der Waals surface area contributed by atoms with E-state index in [0.29, 0.717) is 27.9 Å². The Bertz CT molecular complexity index is 590. The van der Waals surface area contributed by atoms with Crippen molar-refractivity contribution in [3.8, 4) is 5.75 Å². The molecule has 0 aliphatic carbocycles. The number of benzene rings is 2. The van der Waals surface area contributed by atoms with Gasteiger partial charge < -0.3 is 10.5 Å². The van der Waals surface area contributed by atoms with Crippen LogP contribution in [-0.4, -0.2) is 0 Å². The van der Waals surface area contributed by atoms with E-state index in [9.17, 15) is 4.39 Å². The van der Waals surface area contributed by atoms with Crippen molar-refractivity contribution >= 4 is 23.2 Å². The lowest BCUT2D eigenvalue weighted by atomic mass is 10.1. The smallest absolute Gasteiger partial charge is 0.123 e. The van der Waals surface area contributed by atoms with E-state index in [1.807, 2.05) is 0 Å². The summed E-state index contributed by atoms with van der Waals surface area (Å²) in [4.78, 5) is 0. The molecule has 100 valence electrons. The van der Waals surface area contributed by atoms with Crippen LogP contribution in [-0.2, 0) is 13.2 Å². The maximum absolute atomic E-state index is 13.2. The quantitative estimate of drug-likeness (QED) is 0.919. The lowest BCUT2D eigenvalue weighted by Gasteiger charge is -2.10. The number of rotatable bonds is 4. The molecule has 19 heavy (non-hydrogen) atoms. The van der Waals surface area contributed by atoms with Gasteiger partial charge in [-0.2, -0.15) is 0 Å². The van der Waals surface area contributed by atoms with Gasteiger partial charge in [0, 0.05) is 12.6 Å². The zero-order chi connectivity index (χ0) is 13.8. The van der Waals surface area contributed by atoms with E-state index in [4.69, 9.17) is 33.7 Å². The highest BCUT2D eigenvalue weighted by molar-refractivity contribution is 6.42. The second-order valence-electron chi connectivity index (χ2n) is 3.98. The third kappa shape index (κ3) is 3.60. The van der Waals surface area contributed by atoms with E-state index in [2.05, 4.69) is 0 Å². The van der Waals surface area contributed by atoms with Gasteiger partial charge in [0.2, 0.25) is 0 Å². The average Bonchev–Trinajstić information content (AvgIpc) is 2.40. The molecule has 2 rings (SSSR count). The highest BCUT2D eigenvalue weighted by Crippen LogP contribution is 2.27. The summed E-state index contributed by atoms with van der Waals surface area (Å²) < 4.78 is 18.8. The van der Waals surface area contributed by atoms with Crippen LogP contribution in [0.3, 0.4) is 0 Å². The van der Waals surface area contributed by atoms with Crippen molar-refractivity contribution in [1.29, 1.82) is 0 Å². The Morgan fingerprint density at radius 3 is 2.47 bits per heavy atom. The van der Waals surface area contributed by atoms with E-state index in [1.165, 1.54) is 12.1 Å². The first-order valence-electron chi connectivity index (χ1n) is 5.65. The minimum Gasteiger partial charge on any atom is -0.489 e. The zero-order valence-corrected chi connectivity index (χ0v) is 11.5. The summed E-state index contributed by atoms with van der Waals surface area (Å²) in [6.45, 7) is 0.558. The Morgan fingerprint density at radius 1 is 1.00 bits per heavy atom. The lowest BCUT2D eigenvalue weighted by Crippen LogP contribution is -2.05. The van der Waals surface area contributed by atoms with Gasteiger partial charge in [-0.3, -0.25) is 0 Å². The molecule has 0 radical (unpaired) electrons. The maximum atomic E-state index is 13.2. The van der Waals surface area contributed by atoms with Gasteiger partial charge in [0.25, 0.3) is 0 Å². The molecular formula is C14H12Cl2FNO. The Morgan fingerprint density at radius 2 is 1.79 bits per heavy atom. The molecular weight excluding hydrogens is 288 g/mol. The van der Waals surface area contributed by atoms with Gasteiger partial charge in [0.1, 0.15) is 18.2 Å². The number of ether oxygens (including phenoxy) is 1. The van der Waals surface area contributed by atoms with Crippen LogP contribution in [0, 0.1) is 5.82 Å². The predicted molar refractivity (Wildman–Crippen MR) is 75.1 cm³/mol. The van der Waals surface area contributed by atoms with Crippen molar-refractivity contribution in [1.82, 2.24) is 0 Å². The zero-order valence-electron chi connectivity index (χ0n) is 10.00. The summed E-state index contributed by atoms with van der Waals surface area (Å²) in [7, 11) is 0. The molecule has 2 aromatic rings. The van der Waals surface area contributed by atoms with Crippen LogP contribution in [0.5, 0.6) is 5.75 Å². The van der Waals surface area contributed by atoms with Crippen LogP contribution >= 0.6 is 23.2 Å². The molecule has 0 aromatic heterocycles. The second-order valence-corrected chi connectivity index (χ2v) is 4.80. The van der Waals surface area contributed by atoms with Crippen LogP contribution in [0.2, 0.25) is 10.0 Å². The molecule has 0 saturated carbocycles. The molecule has 0 aliphatic heterocycles. The van der Waals surface area contributed by atoms with Crippen LogP contribution in [0.4, 0.5) is 4.39 Å². The molecule has 0 amide bonds. The van der Waals surface area contributed by atoms with Crippen molar-refractivity contribution in [2.45, 2.75) is 13.2 Å². The van der Waals surface area contributed by atoms with Crippen LogP contribution in [0.25, 0.3) is 0 Å². The first-order chi connectivity index (χ1) is 9.10. The van der Waals surface area contributed by atoms with Crippen LogP contribution < -0.4 is 10.5 Å². The minimum atomic E-state index is -0.315. The highest BCUT2D eigenvalue weighted by Gasteiger charge is 2.05. The van der Waals surface area contributed by atoms with E-state index in [1.54, 1.807) is 24.3 Å². The standard InChI is InChI=1S/C14H12Cl2FNO/c15-13-4-3-12(6-14(13)16)19-8-10-5-11(17)2-1-9(10)7-18/h1-6H,7-8,18H2. The number of hydrogen-bond donors (Lipinski definition) is 1. The van der Waals surface area contributed by atoms with Crippen molar-refractivity contribution in [2.75, 3.05) is 0 Å². The van der Waals surface area contributed by atoms with Crippen molar-refractivity contribution in [3.63, 3.8) is 0 Å². The van der Waals surface area contributed by atoms with Gasteiger partial charge in [-0.1, -0.05) is 29.3 Å². The van der Waals surface area contributed by atoms with Crippen molar-refractivity contribution in [3.05, 3.63) is 63.4 Å². The van der Waals surface area contributed by atoms with Crippen LogP contribution in [0.15, 0.2) is 36.4 Å². The highest BCUT2D eigenvalue weighted by atomic mass is 35.5. The number of halogens is 3. The topological polar surface area (TPSA) is 35.2 Å². The van der Waals surface area contributed by atoms with Gasteiger partial charge in [-0.15, -0.1) is 0 Å². The molecule has 0 saturated heterocycles. The summed E-state index contributed by atoms with van der Waals surface area (Å²) >= 11 is 11.7. The molecule has 0 unspecified atom stereocenters. The molecule has 0 atom stereocenters. The van der Waals surface area contributed by atoms with Crippen molar-refractivity contribution < 1.29 is 9.13 Å². The third-order valence-electron chi connectivity index (χ3n) is 2.67. The molecule has 0 bridgehead atoms. The number of nitrogens with two attached hydrogens (primary N) is 1. The van der Waals surface area contributed by atoms with Gasteiger partial charge in [0.15, 0.2) is 0 Å². The SMILES string of the molecule is NCc1ccc(F)cc1COc1ccc(Cl)c(Cl)c1. The fourth-order valence-electron chi connectivity index (χ4n) is 1.66. The normalized spacial score (nSPS) is 10.5. The predicted octanol–water partition coefficient (Wildman–Crippen LogP) is 4.17. The second kappa shape index (κ2) is 6.24. The van der Waals surface area contributed by atoms with Gasteiger partial charge in [-0.05, 0) is 35.4 Å². The average molecular weight is 300 g/mol. The fourth-order valence-corrected chi connectivity index (χ4v) is 1.94. The first kappa shape index (κ1) is 14.1. The summed E-state index contributed by atoms with van der Waals surface area (Å²) in [5.41, 5.74) is 7.16. The van der Waals surface area contributed by atoms with E-state index in [0.717, 1.165) is 5.56 Å². The fraction of sp³-hybridized carbons (Fsp3) is 0.143. The summed E-state index contributed by atoms with van der Waals surface area (Å²) in [6, 6.07) is 9.42. The minimum absolute atomic E-state index is 0.224. The third-order valence-corrected chi connectivity index (χ3v) is 3.41. The van der Waals surface area contributed by atoms with E-state index >= 15 is 0 Å². The maximum Gasteiger partial charge on any atom is 0.123 e. The monoisotopic (exact) mass is 299 g/mol. The van der Waals surface area contributed by atoms with Gasteiger partial charge in [0.05, 0.1) is 10.0 Å². The molecule has 0 aliphatic rings. The summed E-state index contributed by atoms with van der Waals surface area (Å²) in [5.74, 6) is 0.256. The molecule has 0 fully saturated rings. The molecule has 2 N–H and O–H groups in total. The summed E-state index contributed by atoms with van der Waals surface area (Å²) in [6.07, 6.45) is 0. The Kier molecular flexibility index (Phi) is 4.64. The molecule has 5 heteroatoms. The largest absolute Gasteiger partial charge is 0.489 e. The van der Waals surface area contributed by atoms with Gasteiger partial charge in [-0.25, -0.2) is 4.39 Å². The van der Waals surface area contributed by atoms with Gasteiger partial charge >= 0.3 is 0 Å². The Balaban J connectivity index is 2.13. The van der Waals surface area contributed by atoms with Crippen LogP contribution in [0.1, 0.15) is 11.1 Å². The lowest BCUT2D eigenvalue weighted by molar-refractivity contribution is 0.304. The first-order valence-corrected chi connectivity index (χ1v) is 6.41. The number of hydrogen-bond acceptors (Lipinski definition) is 2. The Hall–Kier alpha value is -1.29. The summed E-state index contributed by atoms with van der Waals surface area (Å²) in [5, 5.41) is 0.875. The molecule has 2 nitrogen and oxygen atoms in total.